The summed E-state index contributed by atoms with van der Waals surface area (Å²) in [5.41, 5.74) is 0. The zero-order valence-electron chi connectivity index (χ0n) is 5.48. The summed E-state index contributed by atoms with van der Waals surface area (Å²) in [5, 5.41) is 8.09. The van der Waals surface area contributed by atoms with Gasteiger partial charge in [-0.25, -0.2) is 8.42 Å². The third-order valence-electron chi connectivity index (χ3n) is 0.576. The minimum atomic E-state index is -3.16. The molecule has 0 saturated heterocycles. The van der Waals surface area contributed by atoms with Crippen molar-refractivity contribution < 1.29 is 13.5 Å². The Hall–Kier alpha value is -0.970. The van der Waals surface area contributed by atoms with Crippen molar-refractivity contribution >= 4 is 10.0 Å². The van der Waals surface area contributed by atoms with Gasteiger partial charge >= 0.3 is 0 Å². The molecule has 0 aromatic carbocycles. The molecule has 0 spiro atoms. The summed E-state index contributed by atoms with van der Waals surface area (Å²) in [6.07, 6.45) is 5.71. The van der Waals surface area contributed by atoms with Gasteiger partial charge in [0.05, 0.1) is 12.5 Å². The quantitative estimate of drug-likeness (QED) is 0.458. The van der Waals surface area contributed by atoms with E-state index in [0.717, 1.165) is 12.5 Å². The van der Waals surface area contributed by atoms with Gasteiger partial charge in [0.2, 0.25) is 10.0 Å². The molecule has 0 fully saturated rings. The Bertz CT molecular complexity index is 227. The molecule has 0 aromatic heterocycles. The molecule has 0 atom stereocenters. The van der Waals surface area contributed by atoms with Gasteiger partial charge in [-0.2, -0.15) is 0 Å². The molecule has 2 N–H and O–H groups in total. The fourth-order valence-electron chi connectivity index (χ4n) is 0.268. The van der Waals surface area contributed by atoms with Gasteiger partial charge in [-0.05, 0) is 12.2 Å². The van der Waals surface area contributed by atoms with Crippen molar-refractivity contribution in [2.75, 3.05) is 6.26 Å². The van der Waals surface area contributed by atoms with Crippen LogP contribution in [-0.2, 0) is 10.0 Å². The predicted octanol–water partition coefficient (Wildman–Crippen LogP) is 0.121. The van der Waals surface area contributed by atoms with Crippen LogP contribution in [0.15, 0.2) is 24.6 Å². The maximum absolute atomic E-state index is 10.3. The summed E-state index contributed by atoms with van der Waals surface area (Å²) < 4.78 is 22.8. The highest BCUT2D eigenvalue weighted by Gasteiger charge is 1.90. The molecule has 0 saturated carbocycles. The third kappa shape index (κ3) is 7.03. The number of aliphatic hydroxyl groups is 1. The van der Waals surface area contributed by atoms with Crippen LogP contribution in [0.2, 0.25) is 0 Å². The van der Waals surface area contributed by atoms with E-state index in [1.807, 2.05) is 0 Å². The van der Waals surface area contributed by atoms with Crippen LogP contribution in [0.3, 0.4) is 0 Å². The molecule has 0 unspecified atom stereocenters. The Morgan fingerprint density at radius 3 is 2.40 bits per heavy atom. The highest BCUT2D eigenvalue weighted by Crippen LogP contribution is 1.75. The molecule has 4 nitrogen and oxygen atoms in total. The Morgan fingerprint density at radius 1 is 1.40 bits per heavy atom. The Balaban J connectivity index is 3.76. The van der Waals surface area contributed by atoms with E-state index < -0.39 is 10.0 Å². The first-order valence-corrected chi connectivity index (χ1v) is 4.38. The highest BCUT2D eigenvalue weighted by atomic mass is 32.2. The van der Waals surface area contributed by atoms with Crippen LogP contribution in [0.5, 0.6) is 0 Å². The number of nitrogens with one attached hydrogen (secondary N) is 1. The van der Waals surface area contributed by atoms with Gasteiger partial charge in [-0.1, -0.05) is 0 Å². The summed E-state index contributed by atoms with van der Waals surface area (Å²) >= 11 is 0. The molecular weight excluding hydrogens is 154 g/mol. The number of hydrogen-bond acceptors (Lipinski definition) is 3. The number of hydrogen-bond donors (Lipinski definition) is 2. The second-order valence-corrected chi connectivity index (χ2v) is 3.37. The second-order valence-electron chi connectivity index (χ2n) is 1.59. The van der Waals surface area contributed by atoms with Crippen LogP contribution in [0.25, 0.3) is 0 Å². The average molecular weight is 163 g/mol. The van der Waals surface area contributed by atoms with Crippen molar-refractivity contribution in [2.45, 2.75) is 0 Å². The average Bonchev–Trinajstić information content (AvgIpc) is 1.78. The number of aliphatic hydroxyl groups excluding tert-OH is 1. The van der Waals surface area contributed by atoms with Gasteiger partial charge in [0, 0.05) is 6.20 Å². The van der Waals surface area contributed by atoms with Gasteiger partial charge in [-0.15, -0.1) is 0 Å². The monoisotopic (exact) mass is 163 g/mol. The topological polar surface area (TPSA) is 66.4 Å². The van der Waals surface area contributed by atoms with Crippen LogP contribution >= 0.6 is 0 Å². The Morgan fingerprint density at radius 2 is 2.00 bits per heavy atom. The lowest BCUT2D eigenvalue weighted by Gasteiger charge is -1.91. The molecule has 5 heteroatoms. The molecule has 0 amide bonds. The molecule has 0 heterocycles. The van der Waals surface area contributed by atoms with Crippen LogP contribution in [0.4, 0.5) is 0 Å². The fourth-order valence-corrected chi connectivity index (χ4v) is 0.594. The zero-order chi connectivity index (χ0) is 8.04. The summed E-state index contributed by atoms with van der Waals surface area (Å²) in [6, 6.07) is 0. The molecule has 58 valence electrons. The first kappa shape index (κ1) is 9.03. The van der Waals surface area contributed by atoms with Gasteiger partial charge < -0.3 is 5.11 Å². The lowest BCUT2D eigenvalue weighted by atomic mass is 10.6. The van der Waals surface area contributed by atoms with Crippen molar-refractivity contribution in [3.63, 3.8) is 0 Å². The predicted molar refractivity (Wildman–Crippen MR) is 38.9 cm³/mol. The van der Waals surface area contributed by atoms with E-state index in [-0.39, 0.29) is 0 Å². The number of rotatable bonds is 3. The molecule has 0 aliphatic heterocycles. The van der Waals surface area contributed by atoms with Crippen LogP contribution in [0.1, 0.15) is 0 Å². The Labute approximate surface area is 59.9 Å². The van der Waals surface area contributed by atoms with Gasteiger partial charge in [0.1, 0.15) is 0 Å². The largest absolute Gasteiger partial charge is 0.516 e. The van der Waals surface area contributed by atoms with Crippen molar-refractivity contribution in [3.05, 3.63) is 24.6 Å². The minimum Gasteiger partial charge on any atom is -0.516 e. The SMILES string of the molecule is CS(=O)(=O)N/C=C/C=C/O. The van der Waals surface area contributed by atoms with Gasteiger partial charge in [0.25, 0.3) is 0 Å². The van der Waals surface area contributed by atoms with Gasteiger partial charge in [-0.3, -0.25) is 4.72 Å². The first-order valence-electron chi connectivity index (χ1n) is 2.49. The second kappa shape index (κ2) is 3.94. The fraction of sp³-hybridized carbons (Fsp3) is 0.200. The van der Waals surface area contributed by atoms with E-state index in [9.17, 15) is 8.42 Å². The summed E-state index contributed by atoms with van der Waals surface area (Å²) in [4.78, 5) is 0. The maximum Gasteiger partial charge on any atom is 0.229 e. The Kier molecular flexibility index (Phi) is 3.56. The van der Waals surface area contributed by atoms with Crippen molar-refractivity contribution in [1.29, 1.82) is 0 Å². The molecule has 0 rings (SSSR count). The summed E-state index contributed by atoms with van der Waals surface area (Å²) in [5.74, 6) is 0. The van der Waals surface area contributed by atoms with Crippen molar-refractivity contribution in [2.24, 2.45) is 0 Å². The molecule has 0 aromatic rings. The minimum absolute atomic E-state index is 0.806. The van der Waals surface area contributed by atoms with E-state index in [4.69, 9.17) is 5.11 Å². The number of allylic oxidation sites excluding steroid dienone is 2. The molecule has 0 bridgehead atoms. The molecule has 0 radical (unpaired) electrons. The van der Waals surface area contributed by atoms with Crippen molar-refractivity contribution in [1.82, 2.24) is 4.72 Å². The van der Waals surface area contributed by atoms with Gasteiger partial charge in [0.15, 0.2) is 0 Å². The lowest BCUT2D eigenvalue weighted by molar-refractivity contribution is 0.473. The van der Waals surface area contributed by atoms with E-state index in [1.165, 1.54) is 18.4 Å². The van der Waals surface area contributed by atoms with E-state index in [0.29, 0.717) is 0 Å². The normalized spacial score (nSPS) is 12.9. The lowest BCUT2D eigenvalue weighted by Crippen LogP contribution is -2.14. The summed E-state index contributed by atoms with van der Waals surface area (Å²) in [6.45, 7) is 0. The van der Waals surface area contributed by atoms with Crippen LogP contribution in [0, 0.1) is 0 Å². The molecule has 0 aliphatic rings. The smallest absolute Gasteiger partial charge is 0.229 e. The van der Waals surface area contributed by atoms with E-state index >= 15 is 0 Å². The maximum atomic E-state index is 10.3. The van der Waals surface area contributed by atoms with Crippen LogP contribution in [-0.4, -0.2) is 19.8 Å². The third-order valence-corrected chi connectivity index (χ3v) is 1.14. The van der Waals surface area contributed by atoms with Crippen molar-refractivity contribution in [3.8, 4) is 0 Å². The first-order chi connectivity index (χ1) is 4.56. The molecular formula is C5H9NO3S. The summed E-state index contributed by atoms with van der Waals surface area (Å²) in [7, 11) is -3.16. The van der Waals surface area contributed by atoms with E-state index in [2.05, 4.69) is 4.72 Å². The number of sulfonamides is 1. The van der Waals surface area contributed by atoms with Crippen LogP contribution < -0.4 is 4.72 Å². The van der Waals surface area contributed by atoms with E-state index in [1.54, 1.807) is 0 Å². The highest BCUT2D eigenvalue weighted by molar-refractivity contribution is 7.88. The molecule has 0 aliphatic carbocycles. The molecule has 10 heavy (non-hydrogen) atoms. The zero-order valence-corrected chi connectivity index (χ0v) is 6.30. The standard InChI is InChI=1S/C5H9NO3S/c1-10(8,9)6-4-2-3-5-7/h2-7H,1H3/b4-2+,5-3+.